The third-order valence-corrected chi connectivity index (χ3v) is 4.25. The zero-order chi connectivity index (χ0) is 17.1. The number of nitrogens with zero attached hydrogens (tertiary/aromatic N) is 1. The molecule has 2 N–H and O–H groups in total. The number of para-hydroxylation sites is 1. The van der Waals surface area contributed by atoms with Crippen molar-refractivity contribution in [3.63, 3.8) is 0 Å². The lowest BCUT2D eigenvalue weighted by molar-refractivity contribution is -0.125. The molecule has 0 aromatic heterocycles. The zero-order valence-corrected chi connectivity index (χ0v) is 13.3. The summed E-state index contributed by atoms with van der Waals surface area (Å²) in [5.74, 6) is -0.354. The van der Waals surface area contributed by atoms with Gasteiger partial charge in [0.05, 0.1) is 6.54 Å². The first-order chi connectivity index (χ1) is 11.6. The third-order valence-electron chi connectivity index (χ3n) is 4.25. The minimum Gasteiger partial charge on any atom is -0.489 e. The molecule has 1 amide bonds. The fourth-order valence-corrected chi connectivity index (χ4v) is 3.02. The number of benzene rings is 1. The first kappa shape index (κ1) is 16.3. The van der Waals surface area contributed by atoms with Crippen molar-refractivity contribution >= 4 is 5.91 Å². The summed E-state index contributed by atoms with van der Waals surface area (Å²) in [7, 11) is 0. The predicted molar refractivity (Wildman–Crippen MR) is 86.5 cm³/mol. The largest absolute Gasteiger partial charge is 0.489 e. The second kappa shape index (κ2) is 6.88. The SMILES string of the molecule is CC1C=C(C(=O)NO)C=C2C1C=CN2CCOc1ccccc1F. The van der Waals surface area contributed by atoms with Crippen LogP contribution in [0.5, 0.6) is 5.75 Å². The van der Waals surface area contributed by atoms with Crippen LogP contribution >= 0.6 is 0 Å². The first-order valence-electron chi connectivity index (χ1n) is 7.80. The van der Waals surface area contributed by atoms with E-state index in [0.717, 1.165) is 5.70 Å². The standard InChI is InChI=1S/C18H19FN2O3/c1-12-10-13(18(22)20-23)11-16-14(12)6-7-21(16)8-9-24-17-5-3-2-4-15(17)19/h2-7,10-12,14,23H,8-9H2,1H3,(H,20,22). The average Bonchev–Trinajstić information content (AvgIpc) is 2.99. The highest BCUT2D eigenvalue weighted by atomic mass is 19.1. The van der Waals surface area contributed by atoms with Crippen LogP contribution in [0.3, 0.4) is 0 Å². The van der Waals surface area contributed by atoms with Crippen LogP contribution < -0.4 is 10.2 Å². The molecule has 0 bridgehead atoms. The van der Waals surface area contributed by atoms with E-state index in [0.29, 0.717) is 18.7 Å². The Morgan fingerprint density at radius 2 is 2.21 bits per heavy atom. The summed E-state index contributed by atoms with van der Waals surface area (Å²) in [6.45, 7) is 2.87. The number of carbonyl (C=O) groups excluding carboxylic acids is 1. The number of fused-ring (bicyclic) bond motifs is 1. The predicted octanol–water partition coefficient (Wildman–Crippen LogP) is 2.62. The number of halogens is 1. The van der Waals surface area contributed by atoms with Crippen LogP contribution in [0.4, 0.5) is 4.39 Å². The molecule has 3 rings (SSSR count). The molecule has 0 radical (unpaired) electrons. The van der Waals surface area contributed by atoms with Gasteiger partial charge in [-0.2, -0.15) is 0 Å². The maximum Gasteiger partial charge on any atom is 0.274 e. The van der Waals surface area contributed by atoms with Gasteiger partial charge in [0.25, 0.3) is 5.91 Å². The molecule has 2 atom stereocenters. The van der Waals surface area contributed by atoms with Gasteiger partial charge in [-0.3, -0.25) is 10.0 Å². The molecule has 1 heterocycles. The summed E-state index contributed by atoms with van der Waals surface area (Å²) in [5, 5.41) is 8.82. The number of hydrogen-bond acceptors (Lipinski definition) is 4. The highest BCUT2D eigenvalue weighted by Gasteiger charge is 2.31. The van der Waals surface area contributed by atoms with E-state index in [-0.39, 0.29) is 23.4 Å². The monoisotopic (exact) mass is 330 g/mol. The van der Waals surface area contributed by atoms with Crippen molar-refractivity contribution in [1.29, 1.82) is 0 Å². The number of hydroxylamine groups is 1. The Balaban J connectivity index is 1.66. The van der Waals surface area contributed by atoms with Crippen molar-refractivity contribution in [2.45, 2.75) is 6.92 Å². The quantitative estimate of drug-likeness (QED) is 0.643. The Morgan fingerprint density at radius 1 is 1.42 bits per heavy atom. The second-order valence-electron chi connectivity index (χ2n) is 5.83. The fraction of sp³-hybridized carbons (Fsp3) is 0.278. The summed E-state index contributed by atoms with van der Waals surface area (Å²) in [6, 6.07) is 6.29. The smallest absolute Gasteiger partial charge is 0.274 e. The van der Waals surface area contributed by atoms with Gasteiger partial charge >= 0.3 is 0 Å². The molecule has 1 aliphatic heterocycles. The number of carbonyl (C=O) groups is 1. The van der Waals surface area contributed by atoms with Crippen LogP contribution in [0.2, 0.25) is 0 Å². The number of rotatable bonds is 5. The molecule has 1 aromatic rings. The summed E-state index contributed by atoms with van der Waals surface area (Å²) >= 11 is 0. The van der Waals surface area contributed by atoms with Gasteiger partial charge < -0.3 is 9.64 Å². The van der Waals surface area contributed by atoms with E-state index in [9.17, 15) is 9.18 Å². The van der Waals surface area contributed by atoms with E-state index in [1.165, 1.54) is 6.07 Å². The lowest BCUT2D eigenvalue weighted by atomic mass is 9.85. The van der Waals surface area contributed by atoms with E-state index in [2.05, 4.69) is 6.08 Å². The lowest BCUT2D eigenvalue weighted by Crippen LogP contribution is -2.29. The third kappa shape index (κ3) is 3.19. The molecule has 2 unspecified atom stereocenters. The number of allylic oxidation sites excluding steroid dienone is 2. The normalized spacial score (nSPS) is 21.9. The van der Waals surface area contributed by atoms with Crippen LogP contribution in [0, 0.1) is 17.7 Å². The fourth-order valence-electron chi connectivity index (χ4n) is 3.02. The number of ether oxygens (including phenoxy) is 1. The number of nitrogens with one attached hydrogen (secondary N) is 1. The highest BCUT2D eigenvalue weighted by Crippen LogP contribution is 2.36. The summed E-state index contributed by atoms with van der Waals surface area (Å²) < 4.78 is 19.0. The van der Waals surface area contributed by atoms with Crippen LogP contribution in [-0.2, 0) is 4.79 Å². The van der Waals surface area contributed by atoms with Gasteiger partial charge in [-0.25, -0.2) is 9.87 Å². The molecule has 0 spiro atoms. The van der Waals surface area contributed by atoms with Crippen molar-refractivity contribution < 1.29 is 19.1 Å². The number of hydrogen-bond donors (Lipinski definition) is 2. The van der Waals surface area contributed by atoms with Gasteiger partial charge in [0, 0.05) is 23.4 Å². The molecular weight excluding hydrogens is 311 g/mol. The van der Waals surface area contributed by atoms with Crippen molar-refractivity contribution in [2.24, 2.45) is 11.8 Å². The van der Waals surface area contributed by atoms with Crippen LogP contribution in [0.15, 0.2) is 60.0 Å². The Morgan fingerprint density at radius 3 is 2.96 bits per heavy atom. The maximum atomic E-state index is 13.5. The molecule has 5 nitrogen and oxygen atoms in total. The number of amides is 1. The van der Waals surface area contributed by atoms with E-state index in [1.807, 2.05) is 24.1 Å². The summed E-state index contributed by atoms with van der Waals surface area (Å²) in [5.41, 5.74) is 3.07. The van der Waals surface area contributed by atoms with Crippen molar-refractivity contribution in [3.05, 3.63) is 65.8 Å². The van der Waals surface area contributed by atoms with Crippen molar-refractivity contribution in [3.8, 4) is 5.75 Å². The zero-order valence-electron chi connectivity index (χ0n) is 13.3. The van der Waals surface area contributed by atoms with Gasteiger partial charge in [-0.15, -0.1) is 0 Å². The second-order valence-corrected chi connectivity index (χ2v) is 5.83. The van der Waals surface area contributed by atoms with E-state index in [4.69, 9.17) is 9.94 Å². The maximum absolute atomic E-state index is 13.5. The molecule has 1 aromatic carbocycles. The minimum absolute atomic E-state index is 0.144. The molecule has 126 valence electrons. The van der Waals surface area contributed by atoms with Gasteiger partial charge in [0.2, 0.25) is 0 Å². The van der Waals surface area contributed by atoms with Crippen LogP contribution in [-0.4, -0.2) is 29.2 Å². The molecule has 1 aliphatic carbocycles. The Labute approximate surface area is 139 Å². The van der Waals surface area contributed by atoms with Gasteiger partial charge in [0.15, 0.2) is 11.6 Å². The van der Waals surface area contributed by atoms with E-state index >= 15 is 0 Å². The molecular formula is C18H19FN2O3. The molecule has 0 saturated heterocycles. The Bertz CT molecular complexity index is 727. The summed E-state index contributed by atoms with van der Waals surface area (Å²) in [6.07, 6.45) is 7.62. The minimum atomic E-state index is -0.526. The first-order valence-corrected chi connectivity index (χ1v) is 7.80. The van der Waals surface area contributed by atoms with E-state index in [1.54, 1.807) is 29.8 Å². The van der Waals surface area contributed by atoms with E-state index < -0.39 is 5.91 Å². The molecule has 2 aliphatic rings. The van der Waals surface area contributed by atoms with Gasteiger partial charge in [0.1, 0.15) is 6.61 Å². The lowest BCUT2D eigenvalue weighted by Gasteiger charge is -2.28. The topological polar surface area (TPSA) is 61.8 Å². The molecule has 6 heteroatoms. The van der Waals surface area contributed by atoms with Crippen LogP contribution in [0.1, 0.15) is 6.92 Å². The van der Waals surface area contributed by atoms with Crippen molar-refractivity contribution in [2.75, 3.05) is 13.2 Å². The summed E-state index contributed by atoms with van der Waals surface area (Å²) in [4.78, 5) is 13.7. The average molecular weight is 330 g/mol. The van der Waals surface area contributed by atoms with Crippen LogP contribution in [0.25, 0.3) is 0 Å². The van der Waals surface area contributed by atoms with Gasteiger partial charge in [-0.1, -0.05) is 31.2 Å². The molecule has 24 heavy (non-hydrogen) atoms. The van der Waals surface area contributed by atoms with Gasteiger partial charge in [-0.05, 0) is 24.1 Å². The Kier molecular flexibility index (Phi) is 4.66. The highest BCUT2D eigenvalue weighted by molar-refractivity contribution is 5.95. The van der Waals surface area contributed by atoms with Crippen molar-refractivity contribution in [1.82, 2.24) is 10.4 Å². The Hall–Kier alpha value is -2.60. The molecule has 0 fully saturated rings. The molecule has 0 saturated carbocycles.